The van der Waals surface area contributed by atoms with Crippen LogP contribution in [0.15, 0.2) is 12.1 Å². The summed E-state index contributed by atoms with van der Waals surface area (Å²) in [6.07, 6.45) is 3.08. The maximum Gasteiger partial charge on any atom is 0.0988 e. The molecule has 0 spiro atoms. The maximum atomic E-state index is 9.91. The highest BCUT2D eigenvalue weighted by Crippen LogP contribution is 2.43. The zero-order valence-corrected chi connectivity index (χ0v) is 7.45. The molecule has 1 aromatic rings. The van der Waals surface area contributed by atoms with E-state index in [-0.39, 0.29) is 0 Å². The first-order valence-electron chi connectivity index (χ1n) is 4.00. The molecule has 0 saturated heterocycles. The zero-order valence-electron chi connectivity index (χ0n) is 6.63. The van der Waals surface area contributed by atoms with Crippen molar-refractivity contribution in [1.82, 2.24) is 0 Å². The average Bonchev–Trinajstić information content (AvgIpc) is 2.31. The molecule has 0 atom stereocenters. The van der Waals surface area contributed by atoms with Crippen LogP contribution in [0.5, 0.6) is 0 Å². The molecule has 1 nitrogen and oxygen atoms in total. The fourth-order valence-corrected chi connectivity index (χ4v) is 2.46. The number of rotatable bonds is 1. The minimum atomic E-state index is -0.446. The van der Waals surface area contributed by atoms with Gasteiger partial charge in [0.25, 0.3) is 0 Å². The minimum Gasteiger partial charge on any atom is -0.384 e. The van der Waals surface area contributed by atoms with Crippen LogP contribution in [-0.4, -0.2) is 5.11 Å². The van der Waals surface area contributed by atoms with Crippen LogP contribution in [0.2, 0.25) is 0 Å². The highest BCUT2D eigenvalue weighted by molar-refractivity contribution is 7.12. The smallest absolute Gasteiger partial charge is 0.0988 e. The van der Waals surface area contributed by atoms with Crippen molar-refractivity contribution in [3.05, 3.63) is 21.9 Å². The topological polar surface area (TPSA) is 20.2 Å². The van der Waals surface area contributed by atoms with Gasteiger partial charge in [0, 0.05) is 9.75 Å². The van der Waals surface area contributed by atoms with Crippen molar-refractivity contribution in [2.45, 2.75) is 31.8 Å². The van der Waals surface area contributed by atoms with Crippen molar-refractivity contribution >= 4 is 11.3 Å². The van der Waals surface area contributed by atoms with Crippen LogP contribution in [0, 0.1) is 6.92 Å². The average molecular weight is 168 g/mol. The molecule has 1 aliphatic rings. The third kappa shape index (κ3) is 1.10. The number of aryl methyl sites for hydroxylation is 1. The number of thiophene rings is 1. The molecule has 0 amide bonds. The summed E-state index contributed by atoms with van der Waals surface area (Å²) in [6.45, 7) is 2.08. The van der Waals surface area contributed by atoms with Crippen LogP contribution in [0.1, 0.15) is 29.0 Å². The molecular formula is C9H12OS. The number of aliphatic hydroxyl groups is 1. The Kier molecular flexibility index (Phi) is 1.55. The van der Waals surface area contributed by atoms with E-state index in [4.69, 9.17) is 0 Å². The monoisotopic (exact) mass is 168 g/mol. The van der Waals surface area contributed by atoms with Gasteiger partial charge in [0.1, 0.15) is 0 Å². The van der Waals surface area contributed by atoms with Gasteiger partial charge in [0.2, 0.25) is 0 Å². The third-order valence-electron chi connectivity index (χ3n) is 2.38. The van der Waals surface area contributed by atoms with Crippen molar-refractivity contribution in [2.75, 3.05) is 0 Å². The predicted molar refractivity (Wildman–Crippen MR) is 46.8 cm³/mol. The van der Waals surface area contributed by atoms with E-state index < -0.39 is 5.60 Å². The Morgan fingerprint density at radius 1 is 1.45 bits per heavy atom. The van der Waals surface area contributed by atoms with Crippen LogP contribution in [-0.2, 0) is 5.60 Å². The summed E-state index contributed by atoms with van der Waals surface area (Å²) in [5, 5.41) is 9.91. The van der Waals surface area contributed by atoms with Crippen molar-refractivity contribution in [3.8, 4) is 0 Å². The van der Waals surface area contributed by atoms with Crippen molar-refractivity contribution < 1.29 is 5.11 Å². The van der Waals surface area contributed by atoms with E-state index in [0.29, 0.717) is 0 Å². The molecule has 1 saturated carbocycles. The molecule has 2 rings (SSSR count). The zero-order chi connectivity index (χ0) is 7.90. The Bertz CT molecular complexity index is 260. The van der Waals surface area contributed by atoms with Gasteiger partial charge < -0.3 is 5.11 Å². The van der Waals surface area contributed by atoms with Gasteiger partial charge in [-0.15, -0.1) is 11.3 Å². The third-order valence-corrected chi connectivity index (χ3v) is 3.57. The first-order valence-corrected chi connectivity index (χ1v) is 4.82. The van der Waals surface area contributed by atoms with Gasteiger partial charge >= 0.3 is 0 Å². The number of hydrogen-bond donors (Lipinski definition) is 1. The molecule has 1 aromatic heterocycles. The maximum absolute atomic E-state index is 9.91. The van der Waals surface area contributed by atoms with Crippen molar-refractivity contribution in [1.29, 1.82) is 0 Å². The predicted octanol–water partition coefficient (Wildman–Crippen LogP) is 2.43. The Labute approximate surface area is 70.7 Å². The van der Waals surface area contributed by atoms with E-state index in [1.807, 2.05) is 0 Å². The minimum absolute atomic E-state index is 0.446. The lowest BCUT2D eigenvalue weighted by Gasteiger charge is -2.35. The lowest BCUT2D eigenvalue weighted by atomic mass is 9.79. The Hall–Kier alpha value is -0.340. The van der Waals surface area contributed by atoms with E-state index in [0.717, 1.165) is 17.7 Å². The first-order chi connectivity index (χ1) is 5.21. The van der Waals surface area contributed by atoms with Crippen LogP contribution in [0.3, 0.4) is 0 Å². The van der Waals surface area contributed by atoms with Gasteiger partial charge in [0.05, 0.1) is 5.60 Å². The summed E-state index contributed by atoms with van der Waals surface area (Å²) in [7, 11) is 0. The van der Waals surface area contributed by atoms with Gasteiger partial charge in [-0.3, -0.25) is 0 Å². The lowest BCUT2D eigenvalue weighted by Crippen LogP contribution is -2.32. The van der Waals surface area contributed by atoms with Gasteiger partial charge in [0.15, 0.2) is 0 Å². The standard InChI is InChI=1S/C9H12OS/c1-7-3-4-8(11-7)9(10)5-2-6-9/h3-4,10H,2,5-6H2,1H3. The fraction of sp³-hybridized carbons (Fsp3) is 0.556. The summed E-state index contributed by atoms with van der Waals surface area (Å²) in [4.78, 5) is 2.45. The van der Waals surface area contributed by atoms with Crippen LogP contribution in [0.25, 0.3) is 0 Å². The molecule has 0 aromatic carbocycles. The first kappa shape index (κ1) is 7.32. The molecular weight excluding hydrogens is 156 g/mol. The van der Waals surface area contributed by atoms with Gasteiger partial charge in [-0.1, -0.05) is 0 Å². The normalized spacial score (nSPS) is 21.3. The van der Waals surface area contributed by atoms with Crippen molar-refractivity contribution in [2.24, 2.45) is 0 Å². The molecule has 1 heterocycles. The highest BCUT2D eigenvalue weighted by Gasteiger charge is 2.37. The summed E-state index contributed by atoms with van der Waals surface area (Å²) < 4.78 is 0. The van der Waals surface area contributed by atoms with E-state index in [9.17, 15) is 5.11 Å². The highest BCUT2D eigenvalue weighted by atomic mass is 32.1. The molecule has 0 unspecified atom stereocenters. The molecule has 1 N–H and O–H groups in total. The molecule has 0 radical (unpaired) electrons. The van der Waals surface area contributed by atoms with Gasteiger partial charge in [-0.05, 0) is 38.3 Å². The largest absolute Gasteiger partial charge is 0.384 e. The molecule has 0 bridgehead atoms. The summed E-state index contributed by atoms with van der Waals surface area (Å²) in [5.41, 5.74) is -0.446. The summed E-state index contributed by atoms with van der Waals surface area (Å²) in [5.74, 6) is 0. The molecule has 11 heavy (non-hydrogen) atoms. The van der Waals surface area contributed by atoms with Gasteiger partial charge in [-0.2, -0.15) is 0 Å². The Balaban J connectivity index is 2.28. The van der Waals surface area contributed by atoms with E-state index in [2.05, 4.69) is 19.1 Å². The van der Waals surface area contributed by atoms with E-state index in [1.165, 1.54) is 11.3 Å². The van der Waals surface area contributed by atoms with Crippen LogP contribution in [0.4, 0.5) is 0 Å². The quantitative estimate of drug-likeness (QED) is 0.682. The van der Waals surface area contributed by atoms with Crippen LogP contribution >= 0.6 is 11.3 Å². The van der Waals surface area contributed by atoms with Crippen LogP contribution < -0.4 is 0 Å². The SMILES string of the molecule is Cc1ccc(C2(O)CCC2)s1. The fourth-order valence-electron chi connectivity index (χ4n) is 1.44. The Morgan fingerprint density at radius 3 is 2.55 bits per heavy atom. The Morgan fingerprint density at radius 2 is 2.18 bits per heavy atom. The molecule has 0 aliphatic heterocycles. The lowest BCUT2D eigenvalue weighted by molar-refractivity contribution is -0.0354. The second-order valence-electron chi connectivity index (χ2n) is 3.30. The number of hydrogen-bond acceptors (Lipinski definition) is 2. The van der Waals surface area contributed by atoms with Crippen molar-refractivity contribution in [3.63, 3.8) is 0 Å². The second kappa shape index (κ2) is 2.32. The van der Waals surface area contributed by atoms with E-state index >= 15 is 0 Å². The molecule has 60 valence electrons. The molecule has 2 heteroatoms. The molecule has 1 aliphatic carbocycles. The van der Waals surface area contributed by atoms with Gasteiger partial charge in [-0.25, -0.2) is 0 Å². The second-order valence-corrected chi connectivity index (χ2v) is 4.58. The summed E-state index contributed by atoms with van der Waals surface area (Å²) in [6, 6.07) is 4.13. The van der Waals surface area contributed by atoms with E-state index in [1.54, 1.807) is 11.3 Å². The molecule has 1 fully saturated rings. The summed E-state index contributed by atoms with van der Waals surface area (Å²) >= 11 is 1.72.